The summed E-state index contributed by atoms with van der Waals surface area (Å²) in [5.41, 5.74) is 7.88. The molecule has 0 radical (unpaired) electrons. The standard InChI is InChI=1S/C68H40F3N9/c69-68(70,71)50-39-59(79-55-30-15-13-28-51(55)53-34-32-48(37-57(53)79)66-75-62(43-19-5-1-6-20-43)73-63(76-66)44-21-7-2-8-22-44)61(47-27-17-18-42(36-47)41-72)60(40-50)80-56-31-16-14-29-52(56)54-35-33-49(38-58(54)80)67-77-64(45-23-9-3-10-24-45)74-65(78-67)46-25-11-4-12-26-46/h1-40H. The molecule has 0 amide bonds. The Labute approximate surface area is 455 Å². The number of aromatic nitrogens is 8. The first-order valence-electron chi connectivity index (χ1n) is 25.8. The van der Waals surface area contributed by atoms with Crippen molar-refractivity contribution in [1.82, 2.24) is 39.0 Å². The first kappa shape index (κ1) is 47.5. The van der Waals surface area contributed by atoms with Gasteiger partial charge in [-0.1, -0.05) is 194 Å². The summed E-state index contributed by atoms with van der Waals surface area (Å²) < 4.78 is 52.1. The molecule has 9 nitrogen and oxygen atoms in total. The van der Waals surface area contributed by atoms with Crippen LogP contribution in [-0.4, -0.2) is 39.0 Å². The number of nitrogens with zero attached hydrogens (tertiary/aromatic N) is 9. The maximum atomic E-state index is 16.1. The second-order valence-electron chi connectivity index (χ2n) is 19.3. The molecule has 0 bridgehead atoms. The molecule has 0 aliphatic rings. The number of hydrogen-bond donors (Lipinski definition) is 0. The quantitative estimate of drug-likeness (QED) is 0.142. The molecule has 0 aliphatic heterocycles. The third kappa shape index (κ3) is 8.37. The van der Waals surface area contributed by atoms with Crippen molar-refractivity contribution in [3.05, 3.63) is 254 Å². The topological polar surface area (TPSA) is 111 Å². The zero-order valence-corrected chi connectivity index (χ0v) is 42.3. The molecule has 80 heavy (non-hydrogen) atoms. The number of rotatable bonds is 9. The van der Waals surface area contributed by atoms with E-state index in [9.17, 15) is 5.26 Å². The second kappa shape index (κ2) is 19.3. The number of para-hydroxylation sites is 2. The minimum absolute atomic E-state index is 0.235. The molecule has 0 unspecified atom stereocenters. The summed E-state index contributed by atoms with van der Waals surface area (Å²) in [5.74, 6) is 2.64. The summed E-state index contributed by atoms with van der Waals surface area (Å²) in [4.78, 5) is 30.0. The predicted molar refractivity (Wildman–Crippen MR) is 310 cm³/mol. The summed E-state index contributed by atoms with van der Waals surface area (Å²) >= 11 is 0. The van der Waals surface area contributed by atoms with Crippen molar-refractivity contribution in [2.24, 2.45) is 0 Å². The van der Waals surface area contributed by atoms with E-state index in [1.807, 2.05) is 221 Å². The van der Waals surface area contributed by atoms with E-state index in [0.29, 0.717) is 84.8 Å². The highest BCUT2D eigenvalue weighted by Crippen LogP contribution is 2.46. The number of fused-ring (bicyclic) bond motifs is 6. The van der Waals surface area contributed by atoms with E-state index in [2.05, 4.69) is 6.07 Å². The summed E-state index contributed by atoms with van der Waals surface area (Å²) in [6.07, 6.45) is -4.82. The van der Waals surface area contributed by atoms with Crippen LogP contribution in [0.15, 0.2) is 243 Å². The lowest BCUT2D eigenvalue weighted by Crippen LogP contribution is -2.11. The molecule has 0 saturated heterocycles. The number of benzene rings is 10. The van der Waals surface area contributed by atoms with E-state index in [1.165, 1.54) is 12.1 Å². The normalized spacial score (nSPS) is 11.7. The van der Waals surface area contributed by atoms with E-state index in [1.54, 1.807) is 18.2 Å². The predicted octanol–water partition coefficient (Wildman–Crippen LogP) is 16.8. The molecule has 0 aliphatic carbocycles. The van der Waals surface area contributed by atoms with Gasteiger partial charge in [-0.3, -0.25) is 0 Å². The highest BCUT2D eigenvalue weighted by Gasteiger charge is 2.35. The maximum Gasteiger partial charge on any atom is 0.416 e. The minimum atomic E-state index is -4.82. The van der Waals surface area contributed by atoms with Crippen molar-refractivity contribution in [2.75, 3.05) is 0 Å². The molecule has 4 heterocycles. The lowest BCUT2D eigenvalue weighted by atomic mass is 9.96. The molecule has 0 saturated carbocycles. The Kier molecular flexibility index (Phi) is 11.5. The van der Waals surface area contributed by atoms with Gasteiger partial charge in [0.15, 0.2) is 34.9 Å². The van der Waals surface area contributed by atoms with Gasteiger partial charge < -0.3 is 9.13 Å². The van der Waals surface area contributed by atoms with E-state index in [4.69, 9.17) is 29.9 Å². The number of hydrogen-bond acceptors (Lipinski definition) is 7. The van der Waals surface area contributed by atoms with Crippen molar-refractivity contribution in [2.45, 2.75) is 6.18 Å². The van der Waals surface area contributed by atoms with Gasteiger partial charge in [0.25, 0.3) is 0 Å². The first-order valence-corrected chi connectivity index (χ1v) is 25.8. The lowest BCUT2D eigenvalue weighted by molar-refractivity contribution is -0.137. The molecule has 0 atom stereocenters. The lowest BCUT2D eigenvalue weighted by Gasteiger charge is -2.23. The van der Waals surface area contributed by atoms with Crippen molar-refractivity contribution in [3.8, 4) is 96.9 Å². The van der Waals surface area contributed by atoms with Crippen LogP contribution in [0.2, 0.25) is 0 Å². The van der Waals surface area contributed by atoms with Crippen LogP contribution in [0.25, 0.3) is 134 Å². The first-order chi connectivity index (χ1) is 39.2. The zero-order valence-electron chi connectivity index (χ0n) is 42.3. The monoisotopic (exact) mass is 1040 g/mol. The van der Waals surface area contributed by atoms with Crippen LogP contribution < -0.4 is 0 Å². The maximum absolute atomic E-state index is 16.1. The minimum Gasteiger partial charge on any atom is -0.309 e. The van der Waals surface area contributed by atoms with Crippen molar-refractivity contribution < 1.29 is 13.2 Å². The summed E-state index contributed by atoms with van der Waals surface area (Å²) in [7, 11) is 0. The molecular formula is C68H40F3N9. The van der Waals surface area contributed by atoms with Gasteiger partial charge in [-0.2, -0.15) is 18.4 Å². The molecule has 10 aromatic carbocycles. The SMILES string of the molecule is N#Cc1cccc(-c2c(-n3c4ccccc4c4ccc(-c5nc(-c6ccccc6)nc(-c6ccccc6)n5)cc43)cc(C(F)(F)F)cc2-n2c3ccccc3c3ccc(-c4nc(-c5ccccc5)nc(-c5ccccc5)n4)cc32)c1. The van der Waals surface area contributed by atoms with Crippen molar-refractivity contribution in [3.63, 3.8) is 0 Å². The van der Waals surface area contributed by atoms with Crippen LogP contribution in [0.5, 0.6) is 0 Å². The van der Waals surface area contributed by atoms with Crippen LogP contribution in [0.1, 0.15) is 11.1 Å². The van der Waals surface area contributed by atoms with Gasteiger partial charge in [0.2, 0.25) is 0 Å². The highest BCUT2D eigenvalue weighted by molar-refractivity contribution is 6.13. The molecule has 0 fully saturated rings. The van der Waals surface area contributed by atoms with Gasteiger partial charge in [-0.15, -0.1) is 0 Å². The zero-order chi connectivity index (χ0) is 53.9. The fourth-order valence-corrected chi connectivity index (χ4v) is 10.8. The van der Waals surface area contributed by atoms with Crippen molar-refractivity contribution >= 4 is 43.6 Å². The fourth-order valence-electron chi connectivity index (χ4n) is 10.8. The Morgan fingerprint density at radius 1 is 0.312 bits per heavy atom. The summed E-state index contributed by atoms with van der Waals surface area (Å²) in [5, 5.41) is 13.7. The number of halogens is 3. The number of nitriles is 1. The number of alkyl halides is 3. The Bertz CT molecular complexity index is 4380. The molecule has 0 spiro atoms. The summed E-state index contributed by atoms with van der Waals surface area (Å²) in [6, 6.07) is 77.6. The Balaban J connectivity index is 1.07. The fraction of sp³-hybridized carbons (Fsp3) is 0.0147. The Hall–Kier alpha value is -10.9. The molecule has 12 heteroatoms. The van der Waals surface area contributed by atoms with E-state index >= 15 is 13.2 Å². The van der Waals surface area contributed by atoms with Crippen LogP contribution >= 0.6 is 0 Å². The molecule has 4 aromatic heterocycles. The van der Waals surface area contributed by atoms with Crippen LogP contribution in [0.3, 0.4) is 0 Å². The van der Waals surface area contributed by atoms with Crippen LogP contribution in [0, 0.1) is 11.3 Å². The van der Waals surface area contributed by atoms with Gasteiger partial charge >= 0.3 is 6.18 Å². The third-order valence-electron chi connectivity index (χ3n) is 14.4. The second-order valence-corrected chi connectivity index (χ2v) is 19.3. The van der Waals surface area contributed by atoms with Gasteiger partial charge in [-0.05, 0) is 54.1 Å². The molecule has 378 valence electrons. The van der Waals surface area contributed by atoms with Crippen LogP contribution in [0.4, 0.5) is 13.2 Å². The van der Waals surface area contributed by atoms with E-state index in [-0.39, 0.29) is 11.4 Å². The molecule has 14 aromatic rings. The van der Waals surface area contributed by atoms with Crippen LogP contribution in [-0.2, 0) is 6.18 Å². The smallest absolute Gasteiger partial charge is 0.309 e. The molecule has 14 rings (SSSR count). The van der Waals surface area contributed by atoms with Crippen molar-refractivity contribution in [1.29, 1.82) is 5.26 Å². The highest BCUT2D eigenvalue weighted by atomic mass is 19.4. The van der Waals surface area contributed by atoms with Gasteiger partial charge in [0.05, 0.1) is 50.6 Å². The average molecular weight is 1040 g/mol. The average Bonchev–Trinajstić information content (AvgIpc) is 4.18. The van der Waals surface area contributed by atoms with E-state index in [0.717, 1.165) is 43.8 Å². The third-order valence-corrected chi connectivity index (χ3v) is 14.4. The Morgan fingerprint density at radius 3 is 1.02 bits per heavy atom. The van der Waals surface area contributed by atoms with Gasteiger partial charge in [0, 0.05) is 60.5 Å². The molecular weight excluding hydrogens is 1000 g/mol. The van der Waals surface area contributed by atoms with Gasteiger partial charge in [-0.25, -0.2) is 29.9 Å². The molecule has 0 N–H and O–H groups in total. The summed E-state index contributed by atoms with van der Waals surface area (Å²) in [6.45, 7) is 0. The Morgan fingerprint density at radius 2 is 0.650 bits per heavy atom. The largest absolute Gasteiger partial charge is 0.416 e. The van der Waals surface area contributed by atoms with E-state index < -0.39 is 11.7 Å². The van der Waals surface area contributed by atoms with Gasteiger partial charge in [0.1, 0.15) is 0 Å².